The van der Waals surface area contributed by atoms with Gasteiger partial charge >= 0.3 is 0 Å². The highest BCUT2D eigenvalue weighted by Gasteiger charge is 2.14. The van der Waals surface area contributed by atoms with E-state index in [-0.39, 0.29) is 17.6 Å². The zero-order valence-corrected chi connectivity index (χ0v) is 16.4. The minimum atomic E-state index is -0.329. The lowest BCUT2D eigenvalue weighted by Crippen LogP contribution is -2.23. The normalized spacial score (nSPS) is 10.8. The van der Waals surface area contributed by atoms with Crippen LogP contribution in [0, 0.1) is 0 Å². The van der Waals surface area contributed by atoms with Crippen molar-refractivity contribution < 1.29 is 9.53 Å². The van der Waals surface area contributed by atoms with Gasteiger partial charge in [-0.1, -0.05) is 47.1 Å². The van der Waals surface area contributed by atoms with Gasteiger partial charge in [0.1, 0.15) is 16.6 Å². The number of ether oxygens (including phenoxy) is 1. The van der Waals surface area contributed by atoms with Crippen LogP contribution < -0.4 is 10.1 Å². The molecular weight excluding hydrogens is 390 g/mol. The first-order valence-electron chi connectivity index (χ1n) is 8.98. The van der Waals surface area contributed by atoms with Crippen LogP contribution in [0.4, 0.5) is 0 Å². The van der Waals surface area contributed by atoms with Gasteiger partial charge in [-0.15, -0.1) is 5.10 Å². The Morgan fingerprint density at radius 3 is 2.79 bits per heavy atom. The summed E-state index contributed by atoms with van der Waals surface area (Å²) in [6.45, 7) is 0.851. The van der Waals surface area contributed by atoms with Crippen LogP contribution >= 0.6 is 11.6 Å². The maximum atomic E-state index is 12.6. The molecule has 0 fully saturated rings. The van der Waals surface area contributed by atoms with Gasteiger partial charge in [-0.05, 0) is 29.8 Å². The summed E-state index contributed by atoms with van der Waals surface area (Å²) in [4.78, 5) is 16.9. The Labute approximate surface area is 172 Å². The third-order valence-corrected chi connectivity index (χ3v) is 4.71. The molecule has 2 aromatic heterocycles. The number of carbonyl (C=O) groups is 1. The smallest absolute Gasteiger partial charge is 0.254 e. The number of hydrogen-bond acceptors (Lipinski definition) is 5. The molecule has 2 heterocycles. The predicted octanol–water partition coefficient (Wildman–Crippen LogP) is 3.47. The van der Waals surface area contributed by atoms with Crippen LogP contribution in [0.25, 0.3) is 10.9 Å². The Hall–Kier alpha value is -3.45. The molecule has 4 rings (SSSR count). The molecule has 0 atom stereocenters. The third-order valence-electron chi connectivity index (χ3n) is 4.42. The van der Waals surface area contributed by atoms with Crippen LogP contribution in [-0.2, 0) is 13.1 Å². The number of nitrogens with zero attached hydrogens (tertiary/aromatic N) is 4. The Morgan fingerprint density at radius 1 is 1.17 bits per heavy atom. The summed E-state index contributed by atoms with van der Waals surface area (Å²) in [5, 5.41) is 11.9. The molecule has 8 heteroatoms. The lowest BCUT2D eigenvalue weighted by atomic mass is 10.1. The van der Waals surface area contributed by atoms with E-state index in [1.165, 1.54) is 0 Å². The van der Waals surface area contributed by atoms with Gasteiger partial charge in [0.05, 0.1) is 37.5 Å². The van der Waals surface area contributed by atoms with Crippen molar-refractivity contribution in [3.8, 4) is 5.75 Å². The quantitative estimate of drug-likeness (QED) is 0.495. The molecule has 1 amide bonds. The van der Waals surface area contributed by atoms with E-state index in [0.717, 1.165) is 10.9 Å². The average Bonchev–Trinajstić information content (AvgIpc) is 3.19. The van der Waals surface area contributed by atoms with Gasteiger partial charge in [-0.2, -0.15) is 0 Å². The second-order valence-electron chi connectivity index (χ2n) is 6.46. The van der Waals surface area contributed by atoms with E-state index in [0.29, 0.717) is 29.1 Å². The van der Waals surface area contributed by atoms with E-state index in [9.17, 15) is 4.79 Å². The molecular formula is C21H18ClN5O2. The third kappa shape index (κ3) is 4.35. The zero-order chi connectivity index (χ0) is 20.2. The summed E-state index contributed by atoms with van der Waals surface area (Å²) in [5.41, 5.74) is 2.76. The number of methoxy groups -OCH3 is 1. The molecule has 0 unspecified atom stereocenters. The Bertz CT molecular complexity index is 1160. The van der Waals surface area contributed by atoms with Gasteiger partial charge in [-0.25, -0.2) is 9.67 Å². The van der Waals surface area contributed by atoms with Crippen LogP contribution in [-0.4, -0.2) is 33.0 Å². The van der Waals surface area contributed by atoms with Crippen molar-refractivity contribution in [2.45, 2.75) is 13.1 Å². The van der Waals surface area contributed by atoms with E-state index in [1.54, 1.807) is 36.2 Å². The van der Waals surface area contributed by atoms with Gasteiger partial charge in [-0.3, -0.25) is 4.79 Å². The summed E-state index contributed by atoms with van der Waals surface area (Å²) in [6, 6.07) is 17.1. The predicted molar refractivity (Wildman–Crippen MR) is 110 cm³/mol. The second-order valence-corrected chi connectivity index (χ2v) is 6.82. The number of amides is 1. The molecule has 146 valence electrons. The van der Waals surface area contributed by atoms with Gasteiger partial charge in [0, 0.05) is 5.39 Å². The minimum absolute atomic E-state index is 0.146. The van der Waals surface area contributed by atoms with Crippen molar-refractivity contribution in [1.29, 1.82) is 0 Å². The number of hydrogen-bond donors (Lipinski definition) is 1. The van der Waals surface area contributed by atoms with Crippen LogP contribution in [0.1, 0.15) is 21.6 Å². The number of pyridine rings is 1. The average molecular weight is 408 g/mol. The van der Waals surface area contributed by atoms with Crippen molar-refractivity contribution in [2.75, 3.05) is 7.11 Å². The Balaban J connectivity index is 1.45. The number of halogens is 1. The van der Waals surface area contributed by atoms with E-state index < -0.39 is 0 Å². The zero-order valence-electron chi connectivity index (χ0n) is 15.7. The Morgan fingerprint density at radius 2 is 2.00 bits per heavy atom. The summed E-state index contributed by atoms with van der Waals surface area (Å²) < 4.78 is 6.95. The lowest BCUT2D eigenvalue weighted by molar-refractivity contribution is 0.0950. The lowest BCUT2D eigenvalue weighted by Gasteiger charge is -2.08. The molecule has 4 aromatic rings. The van der Waals surface area contributed by atoms with Crippen molar-refractivity contribution in [3.63, 3.8) is 0 Å². The van der Waals surface area contributed by atoms with Gasteiger partial charge < -0.3 is 10.1 Å². The van der Waals surface area contributed by atoms with E-state index in [2.05, 4.69) is 20.6 Å². The maximum absolute atomic E-state index is 12.6. The molecule has 1 N–H and O–H groups in total. The SMILES string of the molecule is COc1ccc2nc(Cl)c(C(=O)NCc3cn(Cc4ccccc4)nn3)cc2c1. The van der Waals surface area contributed by atoms with Crippen molar-refractivity contribution in [1.82, 2.24) is 25.3 Å². The molecule has 0 aliphatic carbocycles. The molecule has 7 nitrogen and oxygen atoms in total. The number of aromatic nitrogens is 4. The Kier molecular flexibility index (Phi) is 5.39. The highest BCUT2D eigenvalue weighted by Crippen LogP contribution is 2.24. The number of nitrogens with one attached hydrogen (secondary N) is 1. The van der Waals surface area contributed by atoms with Crippen molar-refractivity contribution in [3.05, 3.63) is 82.8 Å². The van der Waals surface area contributed by atoms with E-state index in [4.69, 9.17) is 16.3 Å². The van der Waals surface area contributed by atoms with Crippen molar-refractivity contribution in [2.24, 2.45) is 0 Å². The molecule has 0 spiro atoms. The molecule has 0 aliphatic heterocycles. The maximum Gasteiger partial charge on any atom is 0.254 e. The first kappa shape index (κ1) is 18.9. The number of fused-ring (bicyclic) bond motifs is 1. The molecule has 29 heavy (non-hydrogen) atoms. The first-order valence-corrected chi connectivity index (χ1v) is 9.35. The standard InChI is InChI=1S/C21H18ClN5O2/c1-29-17-7-8-19-15(9-17)10-18(20(22)24-19)21(28)23-11-16-13-27(26-25-16)12-14-5-3-2-4-6-14/h2-10,13H,11-12H2,1H3,(H,23,28). The molecule has 0 saturated carbocycles. The number of benzene rings is 2. The summed E-state index contributed by atoms with van der Waals surface area (Å²) in [7, 11) is 1.59. The van der Waals surface area contributed by atoms with E-state index >= 15 is 0 Å². The fraction of sp³-hybridized carbons (Fsp3) is 0.143. The van der Waals surface area contributed by atoms with Gasteiger partial charge in [0.25, 0.3) is 5.91 Å². The van der Waals surface area contributed by atoms with Gasteiger partial charge in [0.15, 0.2) is 0 Å². The topological polar surface area (TPSA) is 81.9 Å². The van der Waals surface area contributed by atoms with Crippen LogP contribution in [0.5, 0.6) is 5.75 Å². The molecule has 0 bridgehead atoms. The summed E-state index contributed by atoms with van der Waals surface area (Å²) in [5.74, 6) is 0.354. The highest BCUT2D eigenvalue weighted by atomic mass is 35.5. The summed E-state index contributed by atoms with van der Waals surface area (Å²) in [6.07, 6.45) is 1.80. The van der Waals surface area contributed by atoms with Crippen LogP contribution in [0.15, 0.2) is 60.8 Å². The van der Waals surface area contributed by atoms with Crippen molar-refractivity contribution >= 4 is 28.4 Å². The van der Waals surface area contributed by atoms with Crippen LogP contribution in [0.3, 0.4) is 0 Å². The largest absolute Gasteiger partial charge is 0.497 e. The molecule has 0 aliphatic rings. The highest BCUT2D eigenvalue weighted by molar-refractivity contribution is 6.33. The summed E-state index contributed by atoms with van der Waals surface area (Å²) >= 11 is 6.21. The van der Waals surface area contributed by atoms with Gasteiger partial charge in [0.2, 0.25) is 0 Å². The molecule has 0 saturated heterocycles. The number of rotatable bonds is 6. The fourth-order valence-corrected chi connectivity index (χ4v) is 3.18. The van der Waals surface area contributed by atoms with Crippen LogP contribution in [0.2, 0.25) is 5.15 Å². The molecule has 2 aromatic carbocycles. The van der Waals surface area contributed by atoms with E-state index in [1.807, 2.05) is 36.4 Å². The number of carbonyl (C=O) groups excluding carboxylic acids is 1. The first-order chi connectivity index (χ1) is 14.1. The fourth-order valence-electron chi connectivity index (χ4n) is 2.95. The molecule has 0 radical (unpaired) electrons. The second kappa shape index (κ2) is 8.28. The monoisotopic (exact) mass is 407 g/mol. The minimum Gasteiger partial charge on any atom is -0.497 e.